The highest BCUT2D eigenvalue weighted by Crippen LogP contribution is 2.34. The van der Waals surface area contributed by atoms with Crippen molar-refractivity contribution in [1.82, 2.24) is 10.2 Å². The minimum atomic E-state index is 0.714. The number of likely N-dealkylation sites (tertiary alicyclic amines) is 1. The normalized spacial score (nSPS) is 37.6. The summed E-state index contributed by atoms with van der Waals surface area (Å²) in [6, 6.07) is 1.49. The SMILES string of the molecule is CC(C)C1CNC2CN(C(C)C)CCC21. The molecule has 1 N–H and O–H groups in total. The molecule has 0 radical (unpaired) electrons. The third kappa shape index (κ3) is 2.21. The van der Waals surface area contributed by atoms with E-state index in [4.69, 9.17) is 0 Å². The predicted octanol–water partition coefficient (Wildman–Crippen LogP) is 1.96. The Morgan fingerprint density at radius 1 is 1.20 bits per heavy atom. The van der Waals surface area contributed by atoms with Gasteiger partial charge in [0, 0.05) is 18.6 Å². The van der Waals surface area contributed by atoms with Gasteiger partial charge in [-0.2, -0.15) is 0 Å². The standard InChI is InChI=1S/C13H26N2/c1-9(2)12-7-14-13-8-15(10(3)4)6-5-11(12)13/h9-14H,5-8H2,1-4H3. The molecule has 3 unspecified atom stereocenters. The number of hydrogen-bond acceptors (Lipinski definition) is 2. The Kier molecular flexibility index (Phi) is 3.36. The van der Waals surface area contributed by atoms with Gasteiger partial charge in [0.25, 0.3) is 0 Å². The molecule has 0 bridgehead atoms. The predicted molar refractivity (Wildman–Crippen MR) is 64.9 cm³/mol. The molecule has 2 heterocycles. The summed E-state index contributed by atoms with van der Waals surface area (Å²) in [7, 11) is 0. The zero-order valence-corrected chi connectivity index (χ0v) is 10.7. The van der Waals surface area contributed by atoms with E-state index >= 15 is 0 Å². The lowest BCUT2D eigenvalue weighted by Crippen LogP contribution is -2.49. The van der Waals surface area contributed by atoms with Crippen molar-refractivity contribution in [3.8, 4) is 0 Å². The van der Waals surface area contributed by atoms with Gasteiger partial charge in [-0.3, -0.25) is 4.90 Å². The van der Waals surface area contributed by atoms with E-state index in [1.165, 1.54) is 26.1 Å². The third-order valence-electron chi connectivity index (χ3n) is 4.45. The average molecular weight is 210 g/mol. The van der Waals surface area contributed by atoms with Crippen LogP contribution in [0.15, 0.2) is 0 Å². The lowest BCUT2D eigenvalue weighted by molar-refractivity contribution is 0.112. The summed E-state index contributed by atoms with van der Waals surface area (Å²) in [5.41, 5.74) is 0. The first-order chi connectivity index (χ1) is 7.09. The minimum absolute atomic E-state index is 0.714. The van der Waals surface area contributed by atoms with E-state index in [1.54, 1.807) is 0 Å². The van der Waals surface area contributed by atoms with Crippen molar-refractivity contribution in [2.24, 2.45) is 17.8 Å². The molecule has 0 aromatic rings. The molecule has 2 heteroatoms. The molecule has 15 heavy (non-hydrogen) atoms. The van der Waals surface area contributed by atoms with Gasteiger partial charge in [0.2, 0.25) is 0 Å². The second-order valence-corrected chi connectivity index (χ2v) is 5.96. The number of piperidine rings is 1. The maximum absolute atomic E-state index is 3.73. The first-order valence-corrected chi connectivity index (χ1v) is 6.57. The second kappa shape index (κ2) is 4.42. The fourth-order valence-corrected chi connectivity index (χ4v) is 3.36. The molecule has 0 amide bonds. The summed E-state index contributed by atoms with van der Waals surface area (Å²) in [6.45, 7) is 13.2. The molecule has 88 valence electrons. The highest BCUT2D eigenvalue weighted by Gasteiger charge is 2.40. The van der Waals surface area contributed by atoms with Gasteiger partial charge < -0.3 is 5.32 Å². The first kappa shape index (κ1) is 11.4. The Morgan fingerprint density at radius 3 is 2.53 bits per heavy atom. The van der Waals surface area contributed by atoms with Crippen LogP contribution in [0.4, 0.5) is 0 Å². The highest BCUT2D eigenvalue weighted by molar-refractivity contribution is 4.96. The summed E-state index contributed by atoms with van der Waals surface area (Å²) in [6.07, 6.45) is 1.40. The van der Waals surface area contributed by atoms with Crippen molar-refractivity contribution in [2.75, 3.05) is 19.6 Å². The van der Waals surface area contributed by atoms with Crippen molar-refractivity contribution in [3.63, 3.8) is 0 Å². The van der Waals surface area contributed by atoms with Crippen molar-refractivity contribution in [3.05, 3.63) is 0 Å². The van der Waals surface area contributed by atoms with Gasteiger partial charge in [-0.25, -0.2) is 0 Å². The van der Waals surface area contributed by atoms with E-state index < -0.39 is 0 Å². The number of nitrogens with zero attached hydrogens (tertiary/aromatic N) is 1. The zero-order valence-electron chi connectivity index (χ0n) is 10.7. The van der Waals surface area contributed by atoms with E-state index in [0.29, 0.717) is 6.04 Å². The van der Waals surface area contributed by atoms with Crippen LogP contribution in [-0.4, -0.2) is 36.6 Å². The van der Waals surface area contributed by atoms with Crippen LogP contribution in [0.2, 0.25) is 0 Å². The molecule has 3 atom stereocenters. The Labute approximate surface area is 94.4 Å². The number of hydrogen-bond donors (Lipinski definition) is 1. The van der Waals surface area contributed by atoms with E-state index in [9.17, 15) is 0 Å². The highest BCUT2D eigenvalue weighted by atomic mass is 15.2. The molecule has 0 aliphatic carbocycles. The molecule has 2 nitrogen and oxygen atoms in total. The van der Waals surface area contributed by atoms with Crippen molar-refractivity contribution in [2.45, 2.75) is 46.2 Å². The number of nitrogens with one attached hydrogen (secondary N) is 1. The molecule has 0 aromatic carbocycles. The minimum Gasteiger partial charge on any atom is -0.312 e. The van der Waals surface area contributed by atoms with Gasteiger partial charge in [-0.05, 0) is 51.1 Å². The molecule has 2 rings (SSSR count). The first-order valence-electron chi connectivity index (χ1n) is 6.57. The van der Waals surface area contributed by atoms with E-state index in [0.717, 1.165) is 23.8 Å². The van der Waals surface area contributed by atoms with Gasteiger partial charge >= 0.3 is 0 Å². The summed E-state index contributed by atoms with van der Waals surface area (Å²) in [5.74, 6) is 2.71. The van der Waals surface area contributed by atoms with Crippen LogP contribution in [0.3, 0.4) is 0 Å². The third-order valence-corrected chi connectivity index (χ3v) is 4.45. The quantitative estimate of drug-likeness (QED) is 0.749. The Balaban J connectivity index is 1.96. The topological polar surface area (TPSA) is 15.3 Å². The molecule has 2 saturated heterocycles. The number of fused-ring (bicyclic) bond motifs is 1. The Hall–Kier alpha value is -0.0800. The zero-order chi connectivity index (χ0) is 11.0. The molecule has 0 saturated carbocycles. The number of rotatable bonds is 2. The Morgan fingerprint density at radius 2 is 1.93 bits per heavy atom. The molecule has 0 spiro atoms. The lowest BCUT2D eigenvalue weighted by atomic mass is 9.79. The van der Waals surface area contributed by atoms with Crippen molar-refractivity contribution < 1.29 is 0 Å². The fourth-order valence-electron chi connectivity index (χ4n) is 3.36. The van der Waals surface area contributed by atoms with Gasteiger partial charge in [-0.1, -0.05) is 13.8 Å². The summed E-state index contributed by atoms with van der Waals surface area (Å²) in [4.78, 5) is 2.62. The molecular weight excluding hydrogens is 184 g/mol. The van der Waals surface area contributed by atoms with E-state index in [2.05, 4.69) is 37.9 Å². The van der Waals surface area contributed by atoms with E-state index in [1.807, 2.05) is 0 Å². The molecular formula is C13H26N2. The van der Waals surface area contributed by atoms with Gasteiger partial charge in [-0.15, -0.1) is 0 Å². The van der Waals surface area contributed by atoms with Crippen LogP contribution >= 0.6 is 0 Å². The van der Waals surface area contributed by atoms with Crippen LogP contribution in [0.25, 0.3) is 0 Å². The van der Waals surface area contributed by atoms with Gasteiger partial charge in [0.05, 0.1) is 0 Å². The second-order valence-electron chi connectivity index (χ2n) is 5.96. The van der Waals surface area contributed by atoms with Crippen LogP contribution < -0.4 is 5.32 Å². The smallest absolute Gasteiger partial charge is 0.0227 e. The van der Waals surface area contributed by atoms with Gasteiger partial charge in [0.15, 0.2) is 0 Å². The van der Waals surface area contributed by atoms with Crippen LogP contribution in [-0.2, 0) is 0 Å². The summed E-state index contributed by atoms with van der Waals surface area (Å²) < 4.78 is 0. The fraction of sp³-hybridized carbons (Fsp3) is 1.00. The monoisotopic (exact) mass is 210 g/mol. The van der Waals surface area contributed by atoms with Crippen LogP contribution in [0, 0.1) is 17.8 Å². The molecule has 0 aromatic heterocycles. The summed E-state index contributed by atoms with van der Waals surface area (Å²) in [5, 5.41) is 3.73. The summed E-state index contributed by atoms with van der Waals surface area (Å²) >= 11 is 0. The molecule has 2 aliphatic heterocycles. The van der Waals surface area contributed by atoms with Crippen molar-refractivity contribution in [1.29, 1.82) is 0 Å². The van der Waals surface area contributed by atoms with Crippen molar-refractivity contribution >= 4 is 0 Å². The van der Waals surface area contributed by atoms with Crippen LogP contribution in [0.5, 0.6) is 0 Å². The van der Waals surface area contributed by atoms with Gasteiger partial charge in [0.1, 0.15) is 0 Å². The molecule has 2 fully saturated rings. The van der Waals surface area contributed by atoms with Crippen LogP contribution in [0.1, 0.15) is 34.1 Å². The average Bonchev–Trinajstić information content (AvgIpc) is 2.59. The maximum Gasteiger partial charge on any atom is 0.0227 e. The largest absolute Gasteiger partial charge is 0.312 e. The molecule has 2 aliphatic rings. The lowest BCUT2D eigenvalue weighted by Gasteiger charge is -2.39. The van der Waals surface area contributed by atoms with E-state index in [-0.39, 0.29) is 0 Å². The Bertz CT molecular complexity index is 213. The maximum atomic E-state index is 3.73.